The highest BCUT2D eigenvalue weighted by Gasteiger charge is 2.17. The minimum absolute atomic E-state index is 0.0352. The third-order valence-corrected chi connectivity index (χ3v) is 4.03. The van der Waals surface area contributed by atoms with Gasteiger partial charge in [0.25, 0.3) is 5.69 Å². The molecule has 0 spiro atoms. The molecule has 122 valence electrons. The number of imidazole rings is 1. The maximum absolute atomic E-state index is 12.0. The Labute approximate surface area is 140 Å². The fourth-order valence-electron chi connectivity index (χ4n) is 2.09. The van der Waals surface area contributed by atoms with Gasteiger partial charge in [0, 0.05) is 0 Å². The van der Waals surface area contributed by atoms with E-state index in [9.17, 15) is 20.0 Å². The maximum Gasteiger partial charge on any atom is 0.296 e. The number of para-hydroxylation sites is 2. The lowest BCUT2D eigenvalue weighted by atomic mass is 10.2. The number of phenols is 1. The van der Waals surface area contributed by atoms with Crippen LogP contribution in [0, 0.1) is 10.1 Å². The lowest BCUT2D eigenvalue weighted by Gasteiger charge is -2.05. The molecule has 3 rings (SSSR count). The Balaban J connectivity index is 1.66. The molecule has 0 fully saturated rings. The van der Waals surface area contributed by atoms with Crippen molar-refractivity contribution in [1.82, 2.24) is 9.97 Å². The number of aromatic hydroxyl groups is 1. The number of benzene rings is 2. The number of anilines is 1. The van der Waals surface area contributed by atoms with E-state index >= 15 is 0 Å². The SMILES string of the molecule is O=C(CSc1nc2ccccc2[nH]1)Nc1ccc(O)cc1[N+](=O)[O-]. The fraction of sp³-hybridized carbons (Fsp3) is 0.0667. The molecule has 3 aromatic rings. The first kappa shape index (κ1) is 15.8. The molecule has 0 saturated heterocycles. The van der Waals surface area contributed by atoms with Gasteiger partial charge in [-0.2, -0.15) is 0 Å². The highest BCUT2D eigenvalue weighted by Crippen LogP contribution is 2.28. The van der Waals surface area contributed by atoms with Gasteiger partial charge >= 0.3 is 0 Å². The molecule has 0 radical (unpaired) electrons. The molecule has 24 heavy (non-hydrogen) atoms. The Hall–Kier alpha value is -3.07. The van der Waals surface area contributed by atoms with E-state index in [1.807, 2.05) is 24.3 Å². The van der Waals surface area contributed by atoms with Crippen LogP contribution in [0.2, 0.25) is 0 Å². The van der Waals surface area contributed by atoms with Crippen molar-refractivity contribution in [3.05, 3.63) is 52.6 Å². The number of phenolic OH excluding ortho intramolecular Hbond substituents is 1. The first-order valence-electron chi connectivity index (χ1n) is 6.88. The molecule has 0 unspecified atom stereocenters. The standard InChI is InChI=1S/C15H12N4O4S/c20-9-5-6-12(13(7-9)19(22)23)16-14(21)8-24-15-17-10-3-1-2-4-11(10)18-15/h1-7,20H,8H2,(H,16,21)(H,17,18). The summed E-state index contributed by atoms with van der Waals surface area (Å²) in [5.74, 6) is -0.608. The second-order valence-electron chi connectivity index (χ2n) is 4.85. The largest absolute Gasteiger partial charge is 0.508 e. The zero-order valence-electron chi connectivity index (χ0n) is 12.2. The summed E-state index contributed by atoms with van der Waals surface area (Å²) >= 11 is 1.19. The molecule has 0 aliphatic rings. The van der Waals surface area contributed by atoms with Gasteiger partial charge in [0.1, 0.15) is 11.4 Å². The molecule has 0 aliphatic carbocycles. The molecule has 9 heteroatoms. The highest BCUT2D eigenvalue weighted by atomic mass is 32.2. The molecule has 0 saturated carbocycles. The van der Waals surface area contributed by atoms with Crippen molar-refractivity contribution in [2.75, 3.05) is 11.1 Å². The quantitative estimate of drug-likeness (QED) is 0.283. The number of fused-ring (bicyclic) bond motifs is 1. The predicted molar refractivity (Wildman–Crippen MR) is 90.2 cm³/mol. The maximum atomic E-state index is 12.0. The average molecular weight is 344 g/mol. The molecule has 1 amide bonds. The normalized spacial score (nSPS) is 10.7. The van der Waals surface area contributed by atoms with Crippen LogP contribution in [0.1, 0.15) is 0 Å². The summed E-state index contributed by atoms with van der Waals surface area (Å²) < 4.78 is 0. The number of thioether (sulfide) groups is 1. The van der Waals surface area contributed by atoms with Crippen LogP contribution in [0.15, 0.2) is 47.6 Å². The van der Waals surface area contributed by atoms with Gasteiger partial charge in [0.15, 0.2) is 5.16 Å². The number of nitrogens with one attached hydrogen (secondary N) is 2. The van der Waals surface area contributed by atoms with Gasteiger partial charge in [-0.1, -0.05) is 23.9 Å². The van der Waals surface area contributed by atoms with Gasteiger partial charge in [-0.3, -0.25) is 14.9 Å². The Bertz CT molecular complexity index is 892. The van der Waals surface area contributed by atoms with Gasteiger partial charge in [0.05, 0.1) is 27.8 Å². The van der Waals surface area contributed by atoms with Crippen molar-refractivity contribution in [1.29, 1.82) is 0 Å². The van der Waals surface area contributed by atoms with Crippen LogP contribution >= 0.6 is 11.8 Å². The minimum Gasteiger partial charge on any atom is -0.508 e. The number of nitrogens with zero attached hydrogens (tertiary/aromatic N) is 2. The second kappa shape index (κ2) is 6.59. The number of carbonyl (C=O) groups excluding carboxylic acids is 1. The van der Waals surface area contributed by atoms with Crippen molar-refractivity contribution in [3.8, 4) is 5.75 Å². The van der Waals surface area contributed by atoms with Crippen LogP contribution in [0.25, 0.3) is 11.0 Å². The molecular weight excluding hydrogens is 332 g/mol. The van der Waals surface area contributed by atoms with E-state index in [1.165, 1.54) is 23.9 Å². The molecular formula is C15H12N4O4S. The zero-order valence-corrected chi connectivity index (χ0v) is 13.0. The topological polar surface area (TPSA) is 121 Å². The van der Waals surface area contributed by atoms with Crippen molar-refractivity contribution < 1.29 is 14.8 Å². The van der Waals surface area contributed by atoms with Gasteiger partial charge in [-0.25, -0.2) is 4.98 Å². The van der Waals surface area contributed by atoms with Crippen LogP contribution in [-0.2, 0) is 4.79 Å². The molecule has 1 heterocycles. The van der Waals surface area contributed by atoms with Crippen molar-refractivity contribution in [2.24, 2.45) is 0 Å². The number of H-pyrrole nitrogens is 1. The third-order valence-electron chi connectivity index (χ3n) is 3.16. The van der Waals surface area contributed by atoms with Crippen LogP contribution in [0.5, 0.6) is 5.75 Å². The number of carbonyl (C=O) groups is 1. The summed E-state index contributed by atoms with van der Waals surface area (Å²) in [7, 11) is 0. The number of aromatic nitrogens is 2. The number of nitro groups is 1. The summed E-state index contributed by atoms with van der Waals surface area (Å²) in [6.07, 6.45) is 0. The van der Waals surface area contributed by atoms with Gasteiger partial charge in [-0.05, 0) is 24.3 Å². The molecule has 0 aliphatic heterocycles. The molecule has 3 N–H and O–H groups in total. The number of hydrogen-bond donors (Lipinski definition) is 3. The zero-order chi connectivity index (χ0) is 17.1. The van der Waals surface area contributed by atoms with E-state index < -0.39 is 10.8 Å². The minimum atomic E-state index is -0.665. The monoisotopic (exact) mass is 344 g/mol. The molecule has 2 aromatic carbocycles. The molecule has 8 nitrogen and oxygen atoms in total. The molecule has 1 aromatic heterocycles. The molecule has 0 bridgehead atoms. The van der Waals surface area contributed by atoms with E-state index in [0.29, 0.717) is 5.16 Å². The van der Waals surface area contributed by atoms with Crippen LogP contribution in [-0.4, -0.2) is 31.7 Å². The lowest BCUT2D eigenvalue weighted by Crippen LogP contribution is -2.15. The van der Waals surface area contributed by atoms with Crippen LogP contribution in [0.4, 0.5) is 11.4 Å². The number of nitro benzene ring substituents is 1. The fourth-order valence-corrected chi connectivity index (χ4v) is 2.78. The highest BCUT2D eigenvalue weighted by molar-refractivity contribution is 7.99. The summed E-state index contributed by atoms with van der Waals surface area (Å²) in [6.45, 7) is 0. The van der Waals surface area contributed by atoms with E-state index in [-0.39, 0.29) is 22.9 Å². The Kier molecular flexibility index (Phi) is 4.34. The Morgan fingerprint density at radius 2 is 2.12 bits per heavy atom. The van der Waals surface area contributed by atoms with Gasteiger partial charge < -0.3 is 15.4 Å². The summed E-state index contributed by atoms with van der Waals surface area (Å²) in [6, 6.07) is 11.0. The first-order chi connectivity index (χ1) is 11.5. The second-order valence-corrected chi connectivity index (χ2v) is 5.82. The van der Waals surface area contributed by atoms with E-state index in [1.54, 1.807) is 0 Å². The number of hydrogen-bond acceptors (Lipinski definition) is 6. The average Bonchev–Trinajstić information content (AvgIpc) is 2.97. The van der Waals surface area contributed by atoms with Crippen LogP contribution < -0.4 is 5.32 Å². The van der Waals surface area contributed by atoms with E-state index in [4.69, 9.17) is 0 Å². The number of amides is 1. The smallest absolute Gasteiger partial charge is 0.296 e. The number of rotatable bonds is 5. The van der Waals surface area contributed by atoms with E-state index in [2.05, 4.69) is 15.3 Å². The van der Waals surface area contributed by atoms with Crippen molar-refractivity contribution in [2.45, 2.75) is 5.16 Å². The Morgan fingerprint density at radius 1 is 1.33 bits per heavy atom. The third kappa shape index (κ3) is 3.46. The van der Waals surface area contributed by atoms with Gasteiger partial charge in [0.2, 0.25) is 5.91 Å². The summed E-state index contributed by atoms with van der Waals surface area (Å²) in [5.41, 5.74) is 1.34. The first-order valence-corrected chi connectivity index (χ1v) is 7.86. The van der Waals surface area contributed by atoms with E-state index in [0.717, 1.165) is 17.1 Å². The van der Waals surface area contributed by atoms with Crippen LogP contribution in [0.3, 0.4) is 0 Å². The predicted octanol–water partition coefficient (Wildman–Crippen LogP) is 2.91. The lowest BCUT2D eigenvalue weighted by molar-refractivity contribution is -0.384. The molecule has 0 atom stereocenters. The summed E-state index contributed by atoms with van der Waals surface area (Å²) in [5, 5.41) is 23.3. The Morgan fingerprint density at radius 3 is 2.88 bits per heavy atom. The summed E-state index contributed by atoms with van der Waals surface area (Å²) in [4.78, 5) is 29.7. The number of aromatic amines is 1. The van der Waals surface area contributed by atoms with Crippen molar-refractivity contribution >= 4 is 40.1 Å². The van der Waals surface area contributed by atoms with Crippen molar-refractivity contribution in [3.63, 3.8) is 0 Å². The van der Waals surface area contributed by atoms with Gasteiger partial charge in [-0.15, -0.1) is 0 Å².